The van der Waals surface area contributed by atoms with Gasteiger partial charge < -0.3 is 19.5 Å². The average Bonchev–Trinajstić information content (AvgIpc) is 3.19. The van der Waals surface area contributed by atoms with Gasteiger partial charge in [-0.2, -0.15) is 0 Å². The minimum Gasteiger partial charge on any atom is -0.493 e. The van der Waals surface area contributed by atoms with Gasteiger partial charge in [0.05, 0.1) is 30.0 Å². The summed E-state index contributed by atoms with van der Waals surface area (Å²) in [6.45, 7) is 3.99. The summed E-state index contributed by atoms with van der Waals surface area (Å²) in [6.07, 6.45) is 0. The fraction of sp³-hybridized carbons (Fsp3) is 0.200. The highest BCUT2D eigenvalue weighted by atomic mass is 35.5. The molecule has 5 rings (SSSR count). The number of carbonyl (C=O) groups is 2. The predicted molar refractivity (Wildman–Crippen MR) is 147 cm³/mol. The molecule has 0 saturated heterocycles. The van der Waals surface area contributed by atoms with E-state index < -0.39 is 11.9 Å². The molecule has 1 aliphatic carbocycles. The van der Waals surface area contributed by atoms with E-state index in [1.165, 1.54) is 7.11 Å². The van der Waals surface area contributed by atoms with Crippen molar-refractivity contribution in [2.45, 2.75) is 26.4 Å². The Hall–Kier alpha value is -3.74. The van der Waals surface area contributed by atoms with E-state index in [2.05, 4.69) is 5.32 Å². The van der Waals surface area contributed by atoms with Crippen LogP contribution < -0.4 is 14.8 Å². The average molecular weight is 550 g/mol. The predicted octanol–water partition coefficient (Wildman–Crippen LogP) is 6.71. The molecule has 0 fully saturated rings. The SMILES string of the molecule is CCOC(=O)C1=C(C)NC2=C(C(=O)c3ccccc32)[C@H]1c1cc(Cl)c(OCc2ccc(Cl)cc2)c(OC)c1. The summed E-state index contributed by atoms with van der Waals surface area (Å²) in [5.41, 5.74) is 4.99. The van der Waals surface area contributed by atoms with Crippen LogP contribution in [-0.2, 0) is 16.1 Å². The quantitative estimate of drug-likeness (QED) is 0.330. The number of methoxy groups -OCH3 is 1. The molecule has 0 amide bonds. The van der Waals surface area contributed by atoms with Crippen LogP contribution in [0.2, 0.25) is 10.0 Å². The first kappa shape index (κ1) is 25.9. The molecule has 0 unspecified atom stereocenters. The second-order valence-electron chi connectivity index (χ2n) is 8.93. The smallest absolute Gasteiger partial charge is 0.336 e. The van der Waals surface area contributed by atoms with Gasteiger partial charge in [-0.1, -0.05) is 59.6 Å². The molecule has 0 bridgehead atoms. The Morgan fingerprint density at radius 1 is 1.03 bits per heavy atom. The van der Waals surface area contributed by atoms with Gasteiger partial charge in [-0.25, -0.2) is 4.79 Å². The molecule has 0 aromatic heterocycles. The van der Waals surface area contributed by atoms with Gasteiger partial charge in [0.2, 0.25) is 0 Å². The molecule has 0 saturated carbocycles. The highest BCUT2D eigenvalue weighted by Crippen LogP contribution is 2.49. The van der Waals surface area contributed by atoms with E-state index >= 15 is 0 Å². The number of hydrogen-bond donors (Lipinski definition) is 1. The minimum atomic E-state index is -0.720. The van der Waals surface area contributed by atoms with Crippen molar-refractivity contribution in [1.29, 1.82) is 0 Å². The first-order valence-electron chi connectivity index (χ1n) is 12.1. The van der Waals surface area contributed by atoms with Gasteiger partial charge in [0, 0.05) is 33.3 Å². The zero-order chi connectivity index (χ0) is 27.0. The van der Waals surface area contributed by atoms with Crippen LogP contribution in [0.3, 0.4) is 0 Å². The number of Topliss-reactive ketones (excluding diaryl/α,β-unsaturated/α-hetero) is 1. The van der Waals surface area contributed by atoms with Gasteiger partial charge in [0.1, 0.15) is 6.61 Å². The summed E-state index contributed by atoms with van der Waals surface area (Å²) in [6, 6.07) is 18.1. The number of carbonyl (C=O) groups excluding carboxylic acids is 2. The van der Waals surface area contributed by atoms with Crippen molar-refractivity contribution in [2.75, 3.05) is 13.7 Å². The van der Waals surface area contributed by atoms with Gasteiger partial charge in [-0.3, -0.25) is 4.79 Å². The Kier molecular flexibility index (Phi) is 7.19. The van der Waals surface area contributed by atoms with E-state index in [0.29, 0.717) is 50.2 Å². The number of dihydropyridines is 1. The van der Waals surface area contributed by atoms with Crippen molar-refractivity contribution in [3.05, 3.63) is 110 Å². The summed E-state index contributed by atoms with van der Waals surface area (Å²) in [4.78, 5) is 26.9. The number of rotatable bonds is 7. The number of ketones is 1. The summed E-state index contributed by atoms with van der Waals surface area (Å²) in [5.74, 6) is -0.639. The summed E-state index contributed by atoms with van der Waals surface area (Å²) in [5, 5.41) is 4.21. The van der Waals surface area contributed by atoms with Gasteiger partial charge in [0.15, 0.2) is 17.3 Å². The van der Waals surface area contributed by atoms with Crippen molar-refractivity contribution in [3.8, 4) is 11.5 Å². The third-order valence-corrected chi connectivity index (χ3v) is 7.16. The highest BCUT2D eigenvalue weighted by molar-refractivity contribution is 6.32. The zero-order valence-corrected chi connectivity index (χ0v) is 22.6. The lowest BCUT2D eigenvalue weighted by atomic mass is 9.79. The number of halogens is 2. The topological polar surface area (TPSA) is 73.9 Å². The third kappa shape index (κ3) is 4.55. The summed E-state index contributed by atoms with van der Waals surface area (Å²) in [7, 11) is 1.52. The monoisotopic (exact) mass is 549 g/mol. The Labute approximate surface area is 230 Å². The molecule has 0 radical (unpaired) electrons. The van der Waals surface area contributed by atoms with Gasteiger partial charge in [-0.15, -0.1) is 0 Å². The van der Waals surface area contributed by atoms with E-state index in [0.717, 1.165) is 11.1 Å². The van der Waals surface area contributed by atoms with Crippen LogP contribution in [0.5, 0.6) is 11.5 Å². The van der Waals surface area contributed by atoms with Crippen LogP contribution in [0.25, 0.3) is 5.70 Å². The molecule has 2 aliphatic rings. The molecule has 3 aromatic rings. The Morgan fingerprint density at radius 2 is 1.74 bits per heavy atom. The molecule has 8 heteroatoms. The van der Waals surface area contributed by atoms with Crippen molar-refractivity contribution in [1.82, 2.24) is 5.32 Å². The van der Waals surface area contributed by atoms with Gasteiger partial charge in [-0.05, 0) is 49.2 Å². The van der Waals surface area contributed by atoms with Crippen molar-refractivity contribution >= 4 is 40.7 Å². The van der Waals surface area contributed by atoms with Crippen LogP contribution in [0, 0.1) is 0 Å². The maximum atomic E-state index is 13.7. The fourth-order valence-electron chi connectivity index (χ4n) is 4.92. The highest BCUT2D eigenvalue weighted by Gasteiger charge is 2.43. The van der Waals surface area contributed by atoms with E-state index in [-0.39, 0.29) is 24.0 Å². The number of fused-ring (bicyclic) bond motifs is 2. The molecule has 3 aromatic carbocycles. The van der Waals surface area contributed by atoms with Crippen LogP contribution in [0.1, 0.15) is 46.8 Å². The van der Waals surface area contributed by atoms with E-state index in [9.17, 15) is 9.59 Å². The second-order valence-corrected chi connectivity index (χ2v) is 9.77. The molecule has 194 valence electrons. The molecule has 6 nitrogen and oxygen atoms in total. The summed E-state index contributed by atoms with van der Waals surface area (Å²) < 4.78 is 17.1. The standard InChI is InChI=1S/C30H25Cl2NO5/c1-4-37-30(35)24-16(2)33-27-20-7-5-6-8-21(20)28(34)26(27)25(24)18-13-22(32)29(23(14-18)36-3)38-15-17-9-11-19(31)12-10-17/h5-14,25,33H,4,15H2,1-3H3/t25-/m0/s1. The maximum Gasteiger partial charge on any atom is 0.336 e. The summed E-state index contributed by atoms with van der Waals surface area (Å²) >= 11 is 12.7. The largest absolute Gasteiger partial charge is 0.493 e. The Morgan fingerprint density at radius 3 is 2.42 bits per heavy atom. The van der Waals surface area contributed by atoms with Gasteiger partial charge in [0.25, 0.3) is 0 Å². The molecular weight excluding hydrogens is 525 g/mol. The molecular formula is C30H25Cl2NO5. The number of hydrogen-bond acceptors (Lipinski definition) is 6. The van der Waals surface area contributed by atoms with Crippen LogP contribution in [0.4, 0.5) is 0 Å². The maximum absolute atomic E-state index is 13.7. The van der Waals surface area contributed by atoms with Crippen LogP contribution in [0.15, 0.2) is 77.5 Å². The van der Waals surface area contributed by atoms with E-state index in [4.69, 9.17) is 37.4 Å². The number of esters is 1. The van der Waals surface area contributed by atoms with Crippen molar-refractivity contribution in [2.24, 2.45) is 0 Å². The number of benzene rings is 3. The molecule has 1 atom stereocenters. The lowest BCUT2D eigenvalue weighted by Crippen LogP contribution is -2.29. The number of allylic oxidation sites excluding steroid dienone is 2. The molecule has 38 heavy (non-hydrogen) atoms. The number of ether oxygens (including phenoxy) is 3. The van der Waals surface area contributed by atoms with Crippen molar-refractivity contribution < 1.29 is 23.8 Å². The third-order valence-electron chi connectivity index (χ3n) is 6.63. The van der Waals surface area contributed by atoms with E-state index in [1.54, 1.807) is 44.2 Å². The second kappa shape index (κ2) is 10.6. The molecule has 0 spiro atoms. The van der Waals surface area contributed by atoms with Gasteiger partial charge >= 0.3 is 5.97 Å². The number of nitrogens with one attached hydrogen (secondary N) is 1. The van der Waals surface area contributed by atoms with Crippen molar-refractivity contribution in [3.63, 3.8) is 0 Å². The zero-order valence-electron chi connectivity index (χ0n) is 21.1. The normalized spacial score (nSPS) is 16.1. The first-order chi connectivity index (χ1) is 18.3. The van der Waals surface area contributed by atoms with Crippen LogP contribution in [-0.4, -0.2) is 25.5 Å². The molecule has 1 heterocycles. The molecule has 1 aliphatic heterocycles. The first-order valence-corrected chi connectivity index (χ1v) is 12.9. The molecule has 1 N–H and O–H groups in total. The fourth-order valence-corrected chi connectivity index (χ4v) is 5.32. The van der Waals surface area contributed by atoms with E-state index in [1.807, 2.05) is 30.3 Å². The Balaban J connectivity index is 1.60. The lowest BCUT2D eigenvalue weighted by Gasteiger charge is -2.29. The van der Waals surface area contributed by atoms with Crippen LogP contribution >= 0.6 is 23.2 Å². The Bertz CT molecular complexity index is 1510. The lowest BCUT2D eigenvalue weighted by molar-refractivity contribution is -0.138. The minimum absolute atomic E-state index is 0.152.